The molecule has 0 spiro atoms. The van der Waals surface area contributed by atoms with E-state index in [2.05, 4.69) is 26.1 Å². The number of phenolic OH excluding ortho intramolecular Hbond substituents is 1. The smallest absolute Gasteiger partial charge is 0.261 e. The van der Waals surface area contributed by atoms with Crippen LogP contribution < -0.4 is 0 Å². The second-order valence-corrected chi connectivity index (χ2v) is 5.43. The third kappa shape index (κ3) is 2.79. The van der Waals surface area contributed by atoms with Gasteiger partial charge in [-0.05, 0) is 31.0 Å². The van der Waals surface area contributed by atoms with Crippen LogP contribution in [0.4, 0.5) is 0 Å². The molecule has 0 saturated carbocycles. The molecule has 1 atom stereocenters. The maximum absolute atomic E-state index is 9.81. The number of rotatable bonds is 3. The lowest BCUT2D eigenvalue weighted by molar-refractivity contribution is 0.109. The van der Waals surface area contributed by atoms with Gasteiger partial charge in [0.2, 0.25) is 0 Å². The van der Waals surface area contributed by atoms with Crippen molar-refractivity contribution < 1.29 is 14.4 Å². The van der Waals surface area contributed by atoms with E-state index in [0.717, 1.165) is 23.9 Å². The molecule has 1 aliphatic heterocycles. The van der Waals surface area contributed by atoms with Gasteiger partial charge in [0.1, 0.15) is 5.75 Å². The second kappa shape index (κ2) is 5.30. The van der Waals surface area contributed by atoms with Crippen LogP contribution in [-0.4, -0.2) is 28.0 Å². The Morgan fingerprint density at radius 3 is 3.11 bits per heavy atom. The predicted molar refractivity (Wildman–Crippen MR) is 71.8 cm³/mol. The van der Waals surface area contributed by atoms with Crippen molar-refractivity contribution in [1.82, 2.24) is 10.1 Å². The first-order valence-corrected chi connectivity index (χ1v) is 6.95. The van der Waals surface area contributed by atoms with Crippen LogP contribution >= 0.6 is 15.9 Å². The van der Waals surface area contributed by atoms with Crippen LogP contribution in [0.25, 0.3) is 11.5 Å². The summed E-state index contributed by atoms with van der Waals surface area (Å²) in [5.41, 5.74) is 0.528. The van der Waals surface area contributed by atoms with Crippen molar-refractivity contribution in [1.29, 1.82) is 0 Å². The Morgan fingerprint density at radius 2 is 2.32 bits per heavy atom. The summed E-state index contributed by atoms with van der Waals surface area (Å²) < 4.78 is 11.6. The summed E-state index contributed by atoms with van der Waals surface area (Å²) in [6.45, 7) is 0.807. The maximum Gasteiger partial charge on any atom is 0.261 e. The summed E-state index contributed by atoms with van der Waals surface area (Å²) in [7, 11) is 0. The van der Waals surface area contributed by atoms with Gasteiger partial charge in [0.05, 0.1) is 11.7 Å². The summed E-state index contributed by atoms with van der Waals surface area (Å²) in [6.07, 6.45) is 2.95. The van der Waals surface area contributed by atoms with E-state index < -0.39 is 0 Å². The molecule has 1 aromatic carbocycles. The topological polar surface area (TPSA) is 68.4 Å². The SMILES string of the molecule is Oc1ccc(Br)cc1-c1nc(CC2CCCO2)no1. The van der Waals surface area contributed by atoms with E-state index in [1.165, 1.54) is 0 Å². The molecule has 1 N–H and O–H groups in total. The Morgan fingerprint density at radius 1 is 1.42 bits per heavy atom. The molecule has 0 radical (unpaired) electrons. The van der Waals surface area contributed by atoms with Crippen molar-refractivity contribution >= 4 is 15.9 Å². The Labute approximate surface area is 118 Å². The van der Waals surface area contributed by atoms with Gasteiger partial charge in [0.15, 0.2) is 5.82 Å². The molecule has 19 heavy (non-hydrogen) atoms. The highest BCUT2D eigenvalue weighted by Gasteiger charge is 2.20. The van der Waals surface area contributed by atoms with Gasteiger partial charge < -0.3 is 14.4 Å². The van der Waals surface area contributed by atoms with Crippen molar-refractivity contribution in [2.24, 2.45) is 0 Å². The highest BCUT2D eigenvalue weighted by Crippen LogP contribution is 2.30. The molecule has 0 amide bonds. The van der Waals surface area contributed by atoms with Crippen molar-refractivity contribution in [3.8, 4) is 17.2 Å². The van der Waals surface area contributed by atoms with Crippen LogP contribution in [0.15, 0.2) is 27.2 Å². The van der Waals surface area contributed by atoms with Crippen molar-refractivity contribution in [3.05, 3.63) is 28.5 Å². The zero-order valence-electron chi connectivity index (χ0n) is 10.2. The summed E-state index contributed by atoms with van der Waals surface area (Å²) >= 11 is 3.35. The average Bonchev–Trinajstić information content (AvgIpc) is 3.04. The van der Waals surface area contributed by atoms with Crippen molar-refractivity contribution in [3.63, 3.8) is 0 Å². The fourth-order valence-corrected chi connectivity index (χ4v) is 2.50. The summed E-state index contributed by atoms with van der Waals surface area (Å²) in [6, 6.07) is 5.09. The minimum Gasteiger partial charge on any atom is -0.507 e. The van der Waals surface area contributed by atoms with Crippen LogP contribution in [0, 0.1) is 0 Å². The summed E-state index contributed by atoms with van der Waals surface area (Å²) in [5, 5.41) is 13.7. The number of phenols is 1. The fourth-order valence-electron chi connectivity index (χ4n) is 2.13. The van der Waals surface area contributed by atoms with Gasteiger partial charge >= 0.3 is 0 Å². The summed E-state index contributed by atoms with van der Waals surface area (Å²) in [4.78, 5) is 4.31. The molecule has 1 saturated heterocycles. The third-order valence-electron chi connectivity index (χ3n) is 3.09. The Kier molecular flexibility index (Phi) is 3.52. The number of aromatic hydroxyl groups is 1. The van der Waals surface area contributed by atoms with E-state index in [1.807, 2.05) is 0 Å². The van der Waals surface area contributed by atoms with Crippen LogP contribution in [0.5, 0.6) is 5.75 Å². The molecule has 2 aromatic rings. The van der Waals surface area contributed by atoms with Crippen LogP contribution in [-0.2, 0) is 11.2 Å². The van der Waals surface area contributed by atoms with Gasteiger partial charge in [-0.25, -0.2) is 0 Å². The Bertz CT molecular complexity index is 579. The molecule has 1 fully saturated rings. The number of benzene rings is 1. The molecule has 100 valence electrons. The van der Waals surface area contributed by atoms with E-state index in [-0.39, 0.29) is 11.9 Å². The lowest BCUT2D eigenvalue weighted by Gasteiger charge is -2.04. The number of hydrogen-bond donors (Lipinski definition) is 1. The van der Waals surface area contributed by atoms with Gasteiger partial charge in [-0.2, -0.15) is 4.98 Å². The van der Waals surface area contributed by atoms with Gasteiger partial charge in [0, 0.05) is 17.5 Å². The van der Waals surface area contributed by atoms with E-state index in [0.29, 0.717) is 23.7 Å². The quantitative estimate of drug-likeness (QED) is 0.940. The molecule has 2 heterocycles. The number of aromatic nitrogens is 2. The largest absolute Gasteiger partial charge is 0.507 e. The molecule has 0 aliphatic carbocycles. The highest BCUT2D eigenvalue weighted by molar-refractivity contribution is 9.10. The van der Waals surface area contributed by atoms with Gasteiger partial charge in [0.25, 0.3) is 5.89 Å². The van der Waals surface area contributed by atoms with E-state index in [4.69, 9.17) is 9.26 Å². The minimum absolute atomic E-state index is 0.121. The number of hydrogen-bond acceptors (Lipinski definition) is 5. The van der Waals surface area contributed by atoms with Gasteiger partial charge in [-0.3, -0.25) is 0 Å². The lowest BCUT2D eigenvalue weighted by atomic mass is 10.2. The Hall–Kier alpha value is -1.40. The molecule has 1 aromatic heterocycles. The zero-order valence-corrected chi connectivity index (χ0v) is 11.8. The van der Waals surface area contributed by atoms with Crippen molar-refractivity contribution in [2.75, 3.05) is 6.61 Å². The van der Waals surface area contributed by atoms with Crippen LogP contribution in [0.1, 0.15) is 18.7 Å². The molecule has 3 rings (SSSR count). The minimum atomic E-state index is 0.121. The standard InChI is InChI=1S/C13H13BrN2O3/c14-8-3-4-11(17)10(6-8)13-15-12(16-19-13)7-9-2-1-5-18-9/h3-4,6,9,17H,1-2,5,7H2. The van der Waals surface area contributed by atoms with E-state index >= 15 is 0 Å². The first-order chi connectivity index (χ1) is 9.22. The number of nitrogens with zero attached hydrogens (tertiary/aromatic N) is 2. The van der Waals surface area contributed by atoms with Gasteiger partial charge in [-0.1, -0.05) is 21.1 Å². The second-order valence-electron chi connectivity index (χ2n) is 4.52. The molecule has 1 aliphatic rings. The predicted octanol–water partition coefficient (Wildman–Crippen LogP) is 2.93. The monoisotopic (exact) mass is 324 g/mol. The van der Waals surface area contributed by atoms with E-state index in [1.54, 1.807) is 18.2 Å². The molecular weight excluding hydrogens is 312 g/mol. The van der Waals surface area contributed by atoms with Crippen LogP contribution in [0.3, 0.4) is 0 Å². The molecule has 5 nitrogen and oxygen atoms in total. The first-order valence-electron chi connectivity index (χ1n) is 6.15. The fraction of sp³-hybridized carbons (Fsp3) is 0.385. The van der Waals surface area contributed by atoms with Crippen molar-refractivity contribution in [2.45, 2.75) is 25.4 Å². The first kappa shape index (κ1) is 12.6. The lowest BCUT2D eigenvalue weighted by Crippen LogP contribution is -2.09. The number of ether oxygens (including phenoxy) is 1. The normalized spacial score (nSPS) is 18.9. The molecular formula is C13H13BrN2O3. The van der Waals surface area contributed by atoms with Gasteiger partial charge in [-0.15, -0.1) is 0 Å². The highest BCUT2D eigenvalue weighted by atomic mass is 79.9. The van der Waals surface area contributed by atoms with Crippen LogP contribution in [0.2, 0.25) is 0 Å². The third-order valence-corrected chi connectivity index (χ3v) is 3.58. The zero-order chi connectivity index (χ0) is 13.2. The molecule has 1 unspecified atom stereocenters. The summed E-state index contributed by atoms with van der Waals surface area (Å²) in [5.74, 6) is 1.06. The average molecular weight is 325 g/mol. The molecule has 0 bridgehead atoms. The molecule has 6 heteroatoms. The number of halogens is 1. The van der Waals surface area contributed by atoms with E-state index in [9.17, 15) is 5.11 Å². The maximum atomic E-state index is 9.81. The Balaban J connectivity index is 1.82.